The summed E-state index contributed by atoms with van der Waals surface area (Å²) in [7, 11) is 0. The molecule has 0 spiro atoms. The lowest BCUT2D eigenvalue weighted by Crippen LogP contribution is -2.40. The molecule has 0 atom stereocenters. The van der Waals surface area contributed by atoms with Gasteiger partial charge in [0.25, 0.3) is 5.91 Å². The molecule has 126 valence electrons. The van der Waals surface area contributed by atoms with E-state index in [1.54, 1.807) is 4.90 Å². The van der Waals surface area contributed by atoms with Crippen molar-refractivity contribution in [3.05, 3.63) is 46.8 Å². The Morgan fingerprint density at radius 1 is 1.21 bits per heavy atom. The highest BCUT2D eigenvalue weighted by atomic mass is 16.4. The lowest BCUT2D eigenvalue weighted by molar-refractivity contribution is 0.0641. The van der Waals surface area contributed by atoms with Crippen LogP contribution < -0.4 is 0 Å². The smallest absolute Gasteiger partial charge is 0.358 e. The summed E-state index contributed by atoms with van der Waals surface area (Å²) in [5, 5.41) is 16.5. The first-order valence-corrected chi connectivity index (χ1v) is 7.83. The van der Waals surface area contributed by atoms with Gasteiger partial charge in [0.15, 0.2) is 5.69 Å². The van der Waals surface area contributed by atoms with Crippen LogP contribution in [0.4, 0.5) is 0 Å². The van der Waals surface area contributed by atoms with Crippen molar-refractivity contribution in [1.29, 1.82) is 0 Å². The van der Waals surface area contributed by atoms with E-state index in [1.807, 2.05) is 12.1 Å². The average Bonchev–Trinajstić information content (AvgIpc) is 2.95. The molecule has 1 aliphatic heterocycles. The number of carbonyl (C=O) groups excluding carboxylic acids is 1. The van der Waals surface area contributed by atoms with Crippen LogP contribution in [0.2, 0.25) is 0 Å². The van der Waals surface area contributed by atoms with Crippen molar-refractivity contribution >= 4 is 11.9 Å². The fourth-order valence-corrected chi connectivity index (χ4v) is 2.77. The topological polar surface area (TPSA) is 88.3 Å². The molecule has 1 N–H and O–H groups in total. The molecule has 24 heavy (non-hydrogen) atoms. The summed E-state index contributed by atoms with van der Waals surface area (Å²) < 4.78 is 1.37. The SMILES string of the molecule is CC(C)(C)c1ccc(CN2CCn3nnc(C(=O)O)c3C2=O)cc1. The molecule has 1 amide bonds. The van der Waals surface area contributed by atoms with Crippen molar-refractivity contribution in [3.8, 4) is 0 Å². The second-order valence-corrected chi connectivity index (χ2v) is 6.99. The minimum absolute atomic E-state index is 0.0556. The third-order valence-electron chi connectivity index (χ3n) is 4.20. The largest absolute Gasteiger partial charge is 0.476 e. The second kappa shape index (κ2) is 5.74. The Kier molecular flexibility index (Phi) is 3.87. The fraction of sp³-hybridized carbons (Fsp3) is 0.412. The molecule has 1 aromatic heterocycles. The van der Waals surface area contributed by atoms with Crippen LogP contribution in [-0.4, -0.2) is 43.4 Å². The minimum atomic E-state index is -1.24. The normalized spacial score (nSPS) is 14.6. The lowest BCUT2D eigenvalue weighted by Gasteiger charge is -2.27. The van der Waals surface area contributed by atoms with Crippen molar-refractivity contribution < 1.29 is 14.7 Å². The van der Waals surface area contributed by atoms with Crippen LogP contribution >= 0.6 is 0 Å². The Labute approximate surface area is 139 Å². The van der Waals surface area contributed by atoms with Gasteiger partial charge in [0.1, 0.15) is 0 Å². The van der Waals surface area contributed by atoms with Gasteiger partial charge in [0, 0.05) is 13.1 Å². The average molecular weight is 328 g/mol. The number of rotatable bonds is 3. The zero-order valence-corrected chi connectivity index (χ0v) is 14.0. The molecule has 0 bridgehead atoms. The Morgan fingerprint density at radius 3 is 2.46 bits per heavy atom. The first kappa shape index (κ1) is 16.2. The molecule has 1 aromatic carbocycles. The van der Waals surface area contributed by atoms with E-state index in [-0.39, 0.29) is 22.7 Å². The highest BCUT2D eigenvalue weighted by Gasteiger charge is 2.32. The van der Waals surface area contributed by atoms with Gasteiger partial charge in [-0.1, -0.05) is 50.3 Å². The summed E-state index contributed by atoms with van der Waals surface area (Å²) in [6.45, 7) is 7.82. The number of aromatic carboxylic acids is 1. The predicted octanol–water partition coefficient (Wildman–Crippen LogP) is 1.93. The van der Waals surface area contributed by atoms with E-state index in [4.69, 9.17) is 5.11 Å². The van der Waals surface area contributed by atoms with Crippen molar-refractivity contribution in [2.45, 2.75) is 39.3 Å². The van der Waals surface area contributed by atoms with E-state index in [0.29, 0.717) is 19.6 Å². The van der Waals surface area contributed by atoms with Gasteiger partial charge in [-0.3, -0.25) is 4.79 Å². The molecular formula is C17H20N4O3. The molecule has 1 aliphatic rings. The van der Waals surface area contributed by atoms with Gasteiger partial charge < -0.3 is 10.0 Å². The summed E-state index contributed by atoms with van der Waals surface area (Å²) >= 11 is 0. The number of carbonyl (C=O) groups is 2. The van der Waals surface area contributed by atoms with Crippen LogP contribution in [0, 0.1) is 0 Å². The molecule has 0 fully saturated rings. The van der Waals surface area contributed by atoms with Gasteiger partial charge in [-0.2, -0.15) is 0 Å². The zero-order valence-electron chi connectivity index (χ0n) is 14.0. The summed E-state index contributed by atoms with van der Waals surface area (Å²) in [6.07, 6.45) is 0. The van der Waals surface area contributed by atoms with E-state index < -0.39 is 5.97 Å². The molecule has 3 rings (SSSR count). The lowest BCUT2D eigenvalue weighted by atomic mass is 9.87. The van der Waals surface area contributed by atoms with Crippen LogP contribution in [-0.2, 0) is 18.5 Å². The van der Waals surface area contributed by atoms with Crippen LogP contribution in [0.1, 0.15) is 52.9 Å². The summed E-state index contributed by atoms with van der Waals surface area (Å²) in [5.74, 6) is -1.58. The minimum Gasteiger partial charge on any atom is -0.476 e. The summed E-state index contributed by atoms with van der Waals surface area (Å²) in [5.41, 5.74) is 2.09. The van der Waals surface area contributed by atoms with E-state index >= 15 is 0 Å². The van der Waals surface area contributed by atoms with Crippen LogP contribution in [0.3, 0.4) is 0 Å². The number of benzene rings is 1. The first-order valence-electron chi connectivity index (χ1n) is 7.83. The molecule has 0 aliphatic carbocycles. The number of nitrogens with zero attached hydrogens (tertiary/aromatic N) is 4. The van der Waals surface area contributed by atoms with Gasteiger partial charge in [-0.15, -0.1) is 5.10 Å². The number of carboxylic acid groups (broad SMARTS) is 1. The molecule has 0 saturated carbocycles. The maximum Gasteiger partial charge on any atom is 0.358 e. The fourth-order valence-electron chi connectivity index (χ4n) is 2.77. The van der Waals surface area contributed by atoms with E-state index in [1.165, 1.54) is 10.2 Å². The van der Waals surface area contributed by atoms with Gasteiger partial charge in [-0.05, 0) is 16.5 Å². The zero-order chi connectivity index (χ0) is 17.5. The standard InChI is InChI=1S/C17H20N4O3/c1-17(2,3)12-6-4-11(5-7-12)10-20-8-9-21-14(15(20)22)13(16(23)24)18-19-21/h4-7H,8-10H2,1-3H3,(H,23,24). The van der Waals surface area contributed by atoms with E-state index in [9.17, 15) is 9.59 Å². The molecular weight excluding hydrogens is 308 g/mol. The third-order valence-corrected chi connectivity index (χ3v) is 4.20. The number of hydrogen-bond acceptors (Lipinski definition) is 4. The highest BCUT2D eigenvalue weighted by molar-refractivity contribution is 6.02. The summed E-state index contributed by atoms with van der Waals surface area (Å²) in [4.78, 5) is 25.4. The molecule has 2 heterocycles. The first-order chi connectivity index (χ1) is 11.3. The Balaban J connectivity index is 1.80. The van der Waals surface area contributed by atoms with Gasteiger partial charge >= 0.3 is 5.97 Å². The Bertz CT molecular complexity index is 787. The van der Waals surface area contributed by atoms with E-state index in [2.05, 4.69) is 43.2 Å². The number of fused-ring (bicyclic) bond motifs is 1. The second-order valence-electron chi connectivity index (χ2n) is 6.99. The number of hydrogen-bond donors (Lipinski definition) is 1. The number of aromatic nitrogens is 3. The van der Waals surface area contributed by atoms with Gasteiger partial charge in [-0.25, -0.2) is 9.48 Å². The Morgan fingerprint density at radius 2 is 1.88 bits per heavy atom. The van der Waals surface area contributed by atoms with Gasteiger partial charge in [0.2, 0.25) is 5.69 Å². The van der Waals surface area contributed by atoms with Crippen molar-refractivity contribution in [1.82, 2.24) is 19.9 Å². The maximum absolute atomic E-state index is 12.6. The van der Waals surface area contributed by atoms with Crippen LogP contribution in [0.15, 0.2) is 24.3 Å². The van der Waals surface area contributed by atoms with Crippen molar-refractivity contribution in [2.75, 3.05) is 6.54 Å². The number of carboxylic acids is 1. The monoisotopic (exact) mass is 328 g/mol. The molecule has 2 aromatic rings. The summed E-state index contributed by atoms with van der Waals surface area (Å²) in [6, 6.07) is 8.16. The van der Waals surface area contributed by atoms with Crippen molar-refractivity contribution in [3.63, 3.8) is 0 Å². The molecule has 7 nitrogen and oxygen atoms in total. The highest BCUT2D eigenvalue weighted by Crippen LogP contribution is 2.23. The molecule has 0 radical (unpaired) electrons. The molecule has 0 unspecified atom stereocenters. The molecule has 0 saturated heterocycles. The number of amides is 1. The predicted molar refractivity (Wildman–Crippen MR) is 86.9 cm³/mol. The quantitative estimate of drug-likeness (QED) is 0.930. The Hall–Kier alpha value is -2.70. The van der Waals surface area contributed by atoms with Crippen molar-refractivity contribution in [2.24, 2.45) is 0 Å². The molecule has 7 heteroatoms. The van der Waals surface area contributed by atoms with Crippen LogP contribution in [0.25, 0.3) is 0 Å². The van der Waals surface area contributed by atoms with E-state index in [0.717, 1.165) is 5.56 Å². The third kappa shape index (κ3) is 2.89. The van der Waals surface area contributed by atoms with Gasteiger partial charge in [0.05, 0.1) is 6.54 Å². The van der Waals surface area contributed by atoms with Crippen LogP contribution in [0.5, 0.6) is 0 Å². The maximum atomic E-state index is 12.6.